The quantitative estimate of drug-likeness (QED) is 0.397. The van der Waals surface area contributed by atoms with Crippen molar-refractivity contribution in [3.63, 3.8) is 0 Å². The van der Waals surface area contributed by atoms with Crippen molar-refractivity contribution in [2.24, 2.45) is 0 Å². The summed E-state index contributed by atoms with van der Waals surface area (Å²) in [4.78, 5) is 22.1. The van der Waals surface area contributed by atoms with Crippen LogP contribution in [0.1, 0.15) is 27.2 Å². The van der Waals surface area contributed by atoms with Crippen molar-refractivity contribution in [3.05, 3.63) is 24.0 Å². The van der Waals surface area contributed by atoms with Crippen LogP contribution in [0, 0.1) is 0 Å². The van der Waals surface area contributed by atoms with Crippen LogP contribution in [0.4, 0.5) is 0 Å². The molecule has 4 nitrogen and oxygen atoms in total. The Morgan fingerprint density at radius 2 is 1.87 bits per heavy atom. The van der Waals surface area contributed by atoms with Gasteiger partial charge in [0.2, 0.25) is 0 Å². The fraction of sp³-hybridized carbons (Fsp3) is 0.455. The molecular weight excluding hydrogens is 196 g/mol. The number of ether oxygens (including phenoxy) is 2. The van der Waals surface area contributed by atoms with E-state index in [0.29, 0.717) is 6.61 Å². The second kappa shape index (κ2) is 6.81. The maximum atomic E-state index is 11.2. The average molecular weight is 212 g/mol. The molecule has 0 aromatic carbocycles. The number of hydrogen-bond acceptors (Lipinski definition) is 4. The first-order valence-corrected chi connectivity index (χ1v) is 4.69. The molecule has 0 saturated carbocycles. The van der Waals surface area contributed by atoms with Crippen LogP contribution in [0.5, 0.6) is 0 Å². The van der Waals surface area contributed by atoms with Crippen LogP contribution < -0.4 is 0 Å². The van der Waals surface area contributed by atoms with Crippen molar-refractivity contribution in [2.45, 2.75) is 27.2 Å². The molecule has 0 aromatic heterocycles. The van der Waals surface area contributed by atoms with Gasteiger partial charge in [0.1, 0.15) is 6.26 Å². The number of esters is 2. The van der Waals surface area contributed by atoms with E-state index in [-0.39, 0.29) is 11.1 Å². The van der Waals surface area contributed by atoms with Crippen LogP contribution >= 0.6 is 0 Å². The van der Waals surface area contributed by atoms with Gasteiger partial charge in [-0.1, -0.05) is 13.5 Å². The van der Waals surface area contributed by atoms with Gasteiger partial charge in [0.15, 0.2) is 0 Å². The Morgan fingerprint density at radius 3 is 2.33 bits per heavy atom. The smallest absolute Gasteiger partial charge is 0.337 e. The van der Waals surface area contributed by atoms with Crippen molar-refractivity contribution in [2.75, 3.05) is 6.61 Å². The van der Waals surface area contributed by atoms with E-state index in [0.717, 1.165) is 12.7 Å². The zero-order chi connectivity index (χ0) is 11.8. The maximum absolute atomic E-state index is 11.2. The van der Waals surface area contributed by atoms with Gasteiger partial charge in [-0.25, -0.2) is 9.59 Å². The molecule has 0 bridgehead atoms. The Kier molecular flexibility index (Phi) is 6.09. The molecule has 0 atom stereocenters. The van der Waals surface area contributed by atoms with E-state index in [1.165, 1.54) is 13.8 Å². The minimum absolute atomic E-state index is 0.248. The third-order valence-electron chi connectivity index (χ3n) is 1.45. The largest absolute Gasteiger partial charge is 0.462 e. The molecule has 0 amide bonds. The molecular formula is C11H16O4. The molecule has 0 aromatic rings. The molecule has 0 saturated heterocycles. The van der Waals surface area contributed by atoms with Gasteiger partial charge in [-0.3, -0.25) is 0 Å². The number of rotatable bonds is 5. The van der Waals surface area contributed by atoms with Crippen LogP contribution in [0.15, 0.2) is 24.0 Å². The second-order valence-corrected chi connectivity index (χ2v) is 3.12. The summed E-state index contributed by atoms with van der Waals surface area (Å²) >= 11 is 0. The molecule has 0 unspecified atom stereocenters. The van der Waals surface area contributed by atoms with E-state index in [1.54, 1.807) is 0 Å². The summed E-state index contributed by atoms with van der Waals surface area (Å²) in [6, 6.07) is 0. The van der Waals surface area contributed by atoms with Gasteiger partial charge in [-0.2, -0.15) is 0 Å². The first kappa shape index (κ1) is 13.4. The maximum Gasteiger partial charge on any atom is 0.337 e. The molecule has 0 radical (unpaired) electrons. The summed E-state index contributed by atoms with van der Waals surface area (Å²) in [5.41, 5.74) is 0.527. The van der Waals surface area contributed by atoms with Gasteiger partial charge < -0.3 is 9.47 Å². The van der Waals surface area contributed by atoms with Crippen LogP contribution in [-0.2, 0) is 19.1 Å². The number of carbonyl (C=O) groups is 2. The predicted octanol–water partition coefficient (Wildman–Crippen LogP) is 1.96. The SMILES string of the molecule is C=C(C)C(=O)OC=C(C)C(=O)OCCC. The molecule has 0 aliphatic carbocycles. The lowest BCUT2D eigenvalue weighted by molar-refractivity contribution is -0.139. The Hall–Kier alpha value is -1.58. The van der Waals surface area contributed by atoms with Gasteiger partial charge >= 0.3 is 11.9 Å². The fourth-order valence-corrected chi connectivity index (χ4v) is 0.599. The summed E-state index contributed by atoms with van der Waals surface area (Å²) < 4.78 is 9.49. The highest BCUT2D eigenvalue weighted by atomic mass is 16.5. The molecule has 0 rings (SSSR count). The van der Waals surface area contributed by atoms with E-state index in [1.807, 2.05) is 6.92 Å². The highest BCUT2D eigenvalue weighted by Crippen LogP contribution is 2.00. The summed E-state index contributed by atoms with van der Waals surface area (Å²) in [6.45, 7) is 8.71. The Balaban J connectivity index is 4.13. The summed E-state index contributed by atoms with van der Waals surface area (Å²) in [5.74, 6) is -1.04. The second-order valence-electron chi connectivity index (χ2n) is 3.12. The van der Waals surface area contributed by atoms with Gasteiger partial charge in [0.05, 0.1) is 12.2 Å². The predicted molar refractivity (Wildman–Crippen MR) is 55.9 cm³/mol. The van der Waals surface area contributed by atoms with Gasteiger partial charge in [0.25, 0.3) is 0 Å². The lowest BCUT2D eigenvalue weighted by atomic mass is 10.3. The highest BCUT2D eigenvalue weighted by molar-refractivity contribution is 5.90. The monoisotopic (exact) mass is 212 g/mol. The zero-order valence-corrected chi connectivity index (χ0v) is 9.33. The van der Waals surface area contributed by atoms with E-state index >= 15 is 0 Å². The van der Waals surface area contributed by atoms with Crippen molar-refractivity contribution >= 4 is 11.9 Å². The third kappa shape index (κ3) is 5.67. The van der Waals surface area contributed by atoms with Crippen molar-refractivity contribution in [1.29, 1.82) is 0 Å². The summed E-state index contributed by atoms with van der Waals surface area (Å²) in [7, 11) is 0. The molecule has 0 fully saturated rings. The molecule has 84 valence electrons. The van der Waals surface area contributed by atoms with E-state index < -0.39 is 11.9 Å². The molecule has 0 aliphatic rings. The van der Waals surface area contributed by atoms with E-state index in [9.17, 15) is 9.59 Å². The first-order valence-electron chi connectivity index (χ1n) is 4.69. The highest BCUT2D eigenvalue weighted by Gasteiger charge is 2.07. The fourth-order valence-electron chi connectivity index (χ4n) is 0.599. The Morgan fingerprint density at radius 1 is 1.27 bits per heavy atom. The first-order chi connectivity index (χ1) is 6.99. The Labute approximate surface area is 89.6 Å². The van der Waals surface area contributed by atoms with Gasteiger partial charge in [0, 0.05) is 5.57 Å². The van der Waals surface area contributed by atoms with Crippen LogP contribution in [-0.4, -0.2) is 18.5 Å². The zero-order valence-electron chi connectivity index (χ0n) is 9.33. The minimum Gasteiger partial charge on any atom is -0.462 e. The molecule has 0 aliphatic heterocycles. The normalized spacial score (nSPS) is 10.7. The van der Waals surface area contributed by atoms with Gasteiger partial charge in [-0.15, -0.1) is 0 Å². The van der Waals surface area contributed by atoms with Crippen LogP contribution in [0.25, 0.3) is 0 Å². The summed E-state index contributed by atoms with van der Waals surface area (Å²) in [6.07, 6.45) is 1.83. The van der Waals surface area contributed by atoms with E-state index in [2.05, 4.69) is 11.3 Å². The van der Waals surface area contributed by atoms with Crippen molar-refractivity contribution in [1.82, 2.24) is 0 Å². The average Bonchev–Trinajstić information content (AvgIpc) is 2.21. The van der Waals surface area contributed by atoms with Crippen LogP contribution in [0.3, 0.4) is 0 Å². The summed E-state index contributed by atoms with van der Waals surface area (Å²) in [5, 5.41) is 0. The molecule has 0 N–H and O–H groups in total. The number of hydrogen-bond donors (Lipinski definition) is 0. The lowest BCUT2D eigenvalue weighted by Gasteiger charge is -2.03. The van der Waals surface area contributed by atoms with Crippen molar-refractivity contribution < 1.29 is 19.1 Å². The standard InChI is InChI=1S/C11H16O4/c1-5-6-14-11(13)9(4)7-15-10(12)8(2)3/h7H,2,5-6H2,1,3-4H3. The number of carbonyl (C=O) groups excluding carboxylic acids is 2. The minimum atomic E-state index is -0.558. The molecule has 0 heterocycles. The molecule has 4 heteroatoms. The molecule has 0 spiro atoms. The van der Waals surface area contributed by atoms with Crippen LogP contribution in [0.2, 0.25) is 0 Å². The molecule has 15 heavy (non-hydrogen) atoms. The van der Waals surface area contributed by atoms with Gasteiger partial charge in [-0.05, 0) is 20.3 Å². The third-order valence-corrected chi connectivity index (χ3v) is 1.45. The topological polar surface area (TPSA) is 52.6 Å². The Bertz CT molecular complexity index is 289. The lowest BCUT2D eigenvalue weighted by Crippen LogP contribution is -2.08. The van der Waals surface area contributed by atoms with Crippen molar-refractivity contribution in [3.8, 4) is 0 Å². The van der Waals surface area contributed by atoms with E-state index in [4.69, 9.17) is 4.74 Å².